The first kappa shape index (κ1) is 16.3. The van der Waals surface area contributed by atoms with Crippen LogP contribution < -0.4 is 4.74 Å². The molecule has 0 spiro atoms. The molecule has 0 fully saturated rings. The van der Waals surface area contributed by atoms with Gasteiger partial charge in [-0.25, -0.2) is 13.6 Å². The van der Waals surface area contributed by atoms with E-state index < -0.39 is 29.4 Å². The van der Waals surface area contributed by atoms with Gasteiger partial charge < -0.3 is 9.47 Å². The summed E-state index contributed by atoms with van der Waals surface area (Å²) >= 11 is 0. The van der Waals surface area contributed by atoms with Crippen LogP contribution in [0.2, 0.25) is 0 Å². The number of carbonyl (C=O) groups excluding carboxylic acids is 1. The maximum Gasteiger partial charge on any atom is 0.411 e. The summed E-state index contributed by atoms with van der Waals surface area (Å²) in [7, 11) is 0. The number of halogens is 2. The third kappa shape index (κ3) is 3.55. The van der Waals surface area contributed by atoms with Gasteiger partial charge in [0, 0.05) is 11.6 Å². The zero-order valence-corrected chi connectivity index (χ0v) is 12.9. The van der Waals surface area contributed by atoms with Crippen LogP contribution in [-0.2, 0) is 11.3 Å². The first-order valence-corrected chi connectivity index (χ1v) is 6.94. The molecule has 0 saturated carbocycles. The summed E-state index contributed by atoms with van der Waals surface area (Å²) in [5.41, 5.74) is -0.417. The highest BCUT2D eigenvalue weighted by Crippen LogP contribution is 2.30. The van der Waals surface area contributed by atoms with E-state index in [0.29, 0.717) is 0 Å². The molecule has 1 aliphatic heterocycles. The Labute approximate surface area is 128 Å². The summed E-state index contributed by atoms with van der Waals surface area (Å²) < 4.78 is 38.0. The Morgan fingerprint density at radius 2 is 2.14 bits per heavy atom. The fourth-order valence-corrected chi connectivity index (χ4v) is 2.17. The fourth-order valence-electron chi connectivity index (χ4n) is 2.17. The number of nitrogens with zero attached hydrogens (tertiary/aromatic N) is 1. The summed E-state index contributed by atoms with van der Waals surface area (Å²) in [6.07, 6.45) is 0.933. The average Bonchev–Trinajstić information content (AvgIpc) is 2.55. The first-order valence-electron chi connectivity index (χ1n) is 6.94. The monoisotopic (exact) mass is 311 g/mol. The molecule has 6 heteroatoms. The van der Waals surface area contributed by atoms with E-state index in [4.69, 9.17) is 9.47 Å². The fraction of sp³-hybridized carbons (Fsp3) is 0.438. The van der Waals surface area contributed by atoms with Crippen LogP contribution in [0.1, 0.15) is 26.3 Å². The van der Waals surface area contributed by atoms with Crippen molar-refractivity contribution in [2.75, 3.05) is 6.61 Å². The minimum atomic E-state index is -0.788. The van der Waals surface area contributed by atoms with Gasteiger partial charge in [0.05, 0.1) is 12.6 Å². The van der Waals surface area contributed by atoms with Gasteiger partial charge >= 0.3 is 6.09 Å². The van der Waals surface area contributed by atoms with Crippen molar-refractivity contribution >= 4 is 6.09 Å². The van der Waals surface area contributed by atoms with E-state index in [9.17, 15) is 13.6 Å². The maximum absolute atomic E-state index is 13.8. The Hall–Kier alpha value is -2.11. The lowest BCUT2D eigenvalue weighted by atomic mass is 10.1. The molecule has 0 unspecified atom stereocenters. The molecule has 4 nitrogen and oxygen atoms in total. The quantitative estimate of drug-likeness (QED) is 0.743. The number of hydrogen-bond acceptors (Lipinski definition) is 3. The topological polar surface area (TPSA) is 38.8 Å². The van der Waals surface area contributed by atoms with Crippen LogP contribution in [0.3, 0.4) is 0 Å². The van der Waals surface area contributed by atoms with E-state index >= 15 is 0 Å². The highest BCUT2D eigenvalue weighted by Gasteiger charge is 2.31. The summed E-state index contributed by atoms with van der Waals surface area (Å²) in [6.45, 7) is 8.90. The van der Waals surface area contributed by atoms with Crippen molar-refractivity contribution < 1.29 is 23.0 Å². The lowest BCUT2D eigenvalue weighted by Crippen LogP contribution is -2.43. The summed E-state index contributed by atoms with van der Waals surface area (Å²) in [4.78, 5) is 13.7. The first-order chi connectivity index (χ1) is 10.2. The molecule has 1 atom stereocenters. The Kier molecular flexibility index (Phi) is 4.39. The van der Waals surface area contributed by atoms with E-state index in [1.165, 1.54) is 11.0 Å². The van der Waals surface area contributed by atoms with Crippen molar-refractivity contribution in [2.24, 2.45) is 0 Å². The third-order valence-electron chi connectivity index (χ3n) is 3.12. The lowest BCUT2D eigenvalue weighted by molar-refractivity contribution is 0.0161. The second-order valence-electron chi connectivity index (χ2n) is 6.10. The summed E-state index contributed by atoms with van der Waals surface area (Å²) in [5, 5.41) is 0. The molecule has 22 heavy (non-hydrogen) atoms. The second-order valence-corrected chi connectivity index (χ2v) is 6.10. The van der Waals surface area contributed by atoms with Crippen molar-refractivity contribution in [3.8, 4) is 5.75 Å². The van der Waals surface area contributed by atoms with Crippen LogP contribution >= 0.6 is 0 Å². The zero-order valence-electron chi connectivity index (χ0n) is 12.9. The van der Waals surface area contributed by atoms with Gasteiger partial charge in [-0.2, -0.15) is 0 Å². The number of rotatable bonds is 1. The molecule has 1 aromatic rings. The normalized spacial score (nSPS) is 18.0. The average molecular weight is 311 g/mol. The van der Waals surface area contributed by atoms with Crippen LogP contribution in [0.25, 0.3) is 0 Å². The number of hydrogen-bond donors (Lipinski definition) is 0. The number of benzene rings is 1. The van der Waals surface area contributed by atoms with Crippen LogP contribution in [0.15, 0.2) is 24.8 Å². The maximum atomic E-state index is 13.8. The van der Waals surface area contributed by atoms with Crippen LogP contribution in [-0.4, -0.2) is 29.2 Å². The number of fused-ring (bicyclic) bond motifs is 1. The Morgan fingerprint density at radius 3 is 2.73 bits per heavy atom. The largest absolute Gasteiger partial charge is 0.488 e. The van der Waals surface area contributed by atoms with Gasteiger partial charge in [-0.05, 0) is 26.8 Å². The molecule has 0 aliphatic carbocycles. The predicted octanol–water partition coefficient (Wildman–Crippen LogP) is 3.65. The lowest BCUT2D eigenvalue weighted by Gasteiger charge is -2.30. The van der Waals surface area contributed by atoms with Crippen molar-refractivity contribution in [2.45, 2.75) is 39.0 Å². The molecule has 0 bridgehead atoms. The van der Waals surface area contributed by atoms with Crippen molar-refractivity contribution in [1.29, 1.82) is 0 Å². The minimum absolute atomic E-state index is 0.0182. The highest BCUT2D eigenvalue weighted by molar-refractivity contribution is 5.69. The van der Waals surface area contributed by atoms with Crippen LogP contribution in [0.5, 0.6) is 5.75 Å². The van der Waals surface area contributed by atoms with E-state index in [-0.39, 0.29) is 24.5 Å². The number of ether oxygens (including phenoxy) is 2. The zero-order chi connectivity index (χ0) is 16.5. The minimum Gasteiger partial charge on any atom is -0.488 e. The van der Waals surface area contributed by atoms with Gasteiger partial charge in [0.25, 0.3) is 0 Å². The number of carbonyl (C=O) groups is 1. The summed E-state index contributed by atoms with van der Waals surface area (Å²) in [6, 6.07) is 1.41. The molecule has 1 amide bonds. The SMILES string of the molecule is C=C[C@@H]1COc2c(F)cc(F)cc2CN1C(=O)OC(C)(C)C. The smallest absolute Gasteiger partial charge is 0.411 e. The molecular formula is C16H19F2NO3. The Morgan fingerprint density at radius 1 is 1.45 bits per heavy atom. The predicted molar refractivity (Wildman–Crippen MR) is 77.6 cm³/mol. The summed E-state index contributed by atoms with van der Waals surface area (Å²) in [5.74, 6) is -1.55. The Balaban J connectivity index is 2.35. The highest BCUT2D eigenvalue weighted by atomic mass is 19.1. The molecule has 0 N–H and O–H groups in total. The van der Waals surface area contributed by atoms with E-state index in [1.807, 2.05) is 0 Å². The van der Waals surface area contributed by atoms with Gasteiger partial charge in [-0.3, -0.25) is 4.90 Å². The molecule has 0 radical (unpaired) electrons. The van der Waals surface area contributed by atoms with Gasteiger partial charge in [0.15, 0.2) is 11.6 Å². The standard InChI is InChI=1S/C16H19F2NO3/c1-5-12-9-21-14-10(6-11(17)7-13(14)18)8-19(12)15(20)22-16(2,3)4/h5-7,12H,1,8-9H2,2-4H3/t12-/m1/s1. The molecular weight excluding hydrogens is 292 g/mol. The van der Waals surface area contributed by atoms with Crippen molar-refractivity contribution in [1.82, 2.24) is 4.90 Å². The molecule has 0 aromatic heterocycles. The van der Waals surface area contributed by atoms with Gasteiger partial charge in [0.2, 0.25) is 0 Å². The van der Waals surface area contributed by atoms with Crippen molar-refractivity contribution in [3.63, 3.8) is 0 Å². The molecule has 120 valence electrons. The Bertz CT molecular complexity index is 596. The second kappa shape index (κ2) is 5.94. The van der Waals surface area contributed by atoms with E-state index in [0.717, 1.165) is 12.1 Å². The molecule has 0 saturated heterocycles. The van der Waals surface area contributed by atoms with E-state index in [2.05, 4.69) is 6.58 Å². The van der Waals surface area contributed by atoms with Crippen LogP contribution in [0, 0.1) is 11.6 Å². The molecule has 1 aliphatic rings. The number of amides is 1. The van der Waals surface area contributed by atoms with Gasteiger partial charge in [-0.15, -0.1) is 6.58 Å². The van der Waals surface area contributed by atoms with Gasteiger partial charge in [-0.1, -0.05) is 6.08 Å². The molecule has 2 rings (SSSR count). The van der Waals surface area contributed by atoms with Gasteiger partial charge in [0.1, 0.15) is 18.0 Å². The third-order valence-corrected chi connectivity index (χ3v) is 3.12. The molecule has 1 heterocycles. The molecule has 1 aromatic carbocycles. The van der Waals surface area contributed by atoms with Crippen molar-refractivity contribution in [3.05, 3.63) is 42.0 Å². The van der Waals surface area contributed by atoms with E-state index in [1.54, 1.807) is 20.8 Å². The van der Waals surface area contributed by atoms with Crippen LogP contribution in [0.4, 0.5) is 13.6 Å².